The van der Waals surface area contributed by atoms with Crippen LogP contribution in [0, 0.1) is 0 Å². The number of hydrogen-bond donors (Lipinski definition) is 1. The third kappa shape index (κ3) is 2.73. The quantitative estimate of drug-likeness (QED) is 0.803. The van der Waals surface area contributed by atoms with Crippen molar-refractivity contribution in [3.05, 3.63) is 36.4 Å². The number of nitrogens with one attached hydrogen (secondary N) is 1. The SMILES string of the molecule is CNc1ccc(CSc2ncco2)cn1. The largest absolute Gasteiger partial charge is 0.440 e. The minimum Gasteiger partial charge on any atom is -0.440 e. The number of nitrogens with zero attached hydrogens (tertiary/aromatic N) is 2. The fourth-order valence-electron chi connectivity index (χ4n) is 1.08. The number of pyridine rings is 1. The summed E-state index contributed by atoms with van der Waals surface area (Å²) in [6, 6.07) is 3.99. The number of oxazole rings is 1. The zero-order valence-corrected chi connectivity index (χ0v) is 9.12. The molecule has 0 radical (unpaired) electrons. The van der Waals surface area contributed by atoms with E-state index in [1.54, 1.807) is 24.2 Å². The molecule has 0 aliphatic heterocycles. The first-order valence-electron chi connectivity index (χ1n) is 4.53. The van der Waals surface area contributed by atoms with Crippen molar-refractivity contribution >= 4 is 17.6 Å². The third-order valence-electron chi connectivity index (χ3n) is 1.85. The lowest BCUT2D eigenvalue weighted by Gasteiger charge is -2.00. The van der Waals surface area contributed by atoms with Crippen LogP contribution in [0.1, 0.15) is 5.56 Å². The van der Waals surface area contributed by atoms with Gasteiger partial charge in [-0.3, -0.25) is 0 Å². The maximum atomic E-state index is 5.12. The molecule has 0 amide bonds. The van der Waals surface area contributed by atoms with E-state index >= 15 is 0 Å². The van der Waals surface area contributed by atoms with Crippen LogP contribution in [0.15, 0.2) is 40.4 Å². The Bertz CT molecular complexity index is 399. The normalized spacial score (nSPS) is 10.2. The summed E-state index contributed by atoms with van der Waals surface area (Å²) >= 11 is 1.56. The molecule has 0 aromatic carbocycles. The molecule has 0 aliphatic carbocycles. The fourth-order valence-corrected chi connectivity index (χ4v) is 1.80. The molecule has 0 saturated heterocycles. The first-order valence-corrected chi connectivity index (χ1v) is 5.52. The van der Waals surface area contributed by atoms with Crippen molar-refractivity contribution in [2.45, 2.75) is 11.0 Å². The second-order valence-electron chi connectivity index (χ2n) is 2.89. The summed E-state index contributed by atoms with van der Waals surface area (Å²) in [7, 11) is 1.85. The van der Waals surface area contributed by atoms with Crippen LogP contribution >= 0.6 is 11.8 Å². The molecule has 15 heavy (non-hydrogen) atoms. The highest BCUT2D eigenvalue weighted by atomic mass is 32.2. The molecular weight excluding hydrogens is 210 g/mol. The van der Waals surface area contributed by atoms with Crippen molar-refractivity contribution in [1.82, 2.24) is 9.97 Å². The van der Waals surface area contributed by atoms with Crippen LogP contribution in [0.25, 0.3) is 0 Å². The van der Waals surface area contributed by atoms with E-state index in [9.17, 15) is 0 Å². The smallest absolute Gasteiger partial charge is 0.255 e. The second-order valence-corrected chi connectivity index (χ2v) is 3.81. The van der Waals surface area contributed by atoms with Crippen molar-refractivity contribution in [2.75, 3.05) is 12.4 Å². The van der Waals surface area contributed by atoms with Gasteiger partial charge in [0, 0.05) is 19.0 Å². The Hall–Kier alpha value is -1.49. The average Bonchev–Trinajstić information content (AvgIpc) is 2.80. The lowest BCUT2D eigenvalue weighted by atomic mass is 10.3. The van der Waals surface area contributed by atoms with Crippen molar-refractivity contribution in [2.24, 2.45) is 0 Å². The van der Waals surface area contributed by atoms with Crippen molar-refractivity contribution in [3.63, 3.8) is 0 Å². The maximum Gasteiger partial charge on any atom is 0.255 e. The number of anilines is 1. The molecule has 78 valence electrons. The molecular formula is C10H11N3OS. The molecule has 0 atom stereocenters. The van der Waals surface area contributed by atoms with Crippen LogP contribution in [0.5, 0.6) is 0 Å². The van der Waals surface area contributed by atoms with Crippen LogP contribution in [0.2, 0.25) is 0 Å². The van der Waals surface area contributed by atoms with Gasteiger partial charge in [-0.2, -0.15) is 0 Å². The third-order valence-corrected chi connectivity index (χ3v) is 2.78. The van der Waals surface area contributed by atoms with Crippen LogP contribution in [-0.4, -0.2) is 17.0 Å². The molecule has 2 aromatic rings. The van der Waals surface area contributed by atoms with E-state index in [0.717, 1.165) is 17.1 Å². The molecule has 5 heteroatoms. The molecule has 0 fully saturated rings. The van der Waals surface area contributed by atoms with E-state index < -0.39 is 0 Å². The van der Waals surface area contributed by atoms with Crippen molar-refractivity contribution < 1.29 is 4.42 Å². The Morgan fingerprint density at radius 1 is 1.40 bits per heavy atom. The molecule has 2 aromatic heterocycles. The first kappa shape index (κ1) is 10.0. The minimum absolute atomic E-state index is 0.688. The standard InChI is InChI=1S/C10H11N3OS/c1-11-9-3-2-8(6-13-9)7-15-10-12-4-5-14-10/h2-6H,7H2,1H3,(H,11,13). The molecule has 2 heterocycles. The van der Waals surface area contributed by atoms with E-state index in [1.165, 1.54) is 0 Å². The molecule has 2 rings (SSSR count). The summed E-state index contributed by atoms with van der Waals surface area (Å²) in [5.41, 5.74) is 1.15. The minimum atomic E-state index is 0.688. The highest BCUT2D eigenvalue weighted by molar-refractivity contribution is 7.98. The number of hydrogen-bond acceptors (Lipinski definition) is 5. The molecule has 0 bridgehead atoms. The molecule has 0 unspecified atom stereocenters. The second kappa shape index (κ2) is 4.84. The summed E-state index contributed by atoms with van der Waals surface area (Å²) in [6.45, 7) is 0. The van der Waals surface area contributed by atoms with Gasteiger partial charge >= 0.3 is 0 Å². The summed E-state index contributed by atoms with van der Waals surface area (Å²) in [4.78, 5) is 8.25. The number of aromatic nitrogens is 2. The van der Waals surface area contributed by atoms with E-state index in [-0.39, 0.29) is 0 Å². The van der Waals surface area contributed by atoms with Gasteiger partial charge in [0.1, 0.15) is 12.1 Å². The Morgan fingerprint density at radius 3 is 2.93 bits per heavy atom. The fraction of sp³-hybridized carbons (Fsp3) is 0.200. The predicted molar refractivity (Wildman–Crippen MR) is 59.8 cm³/mol. The van der Waals surface area contributed by atoms with E-state index in [1.807, 2.05) is 25.4 Å². The Kier molecular flexibility index (Phi) is 3.24. The summed E-state index contributed by atoms with van der Waals surface area (Å²) in [6.07, 6.45) is 5.07. The summed E-state index contributed by atoms with van der Waals surface area (Å²) in [5, 5.41) is 3.66. The van der Waals surface area contributed by atoms with Gasteiger partial charge in [0.25, 0.3) is 5.22 Å². The van der Waals surface area contributed by atoms with Gasteiger partial charge in [0.05, 0.1) is 6.20 Å². The van der Waals surface area contributed by atoms with Gasteiger partial charge < -0.3 is 9.73 Å². The molecule has 4 nitrogen and oxygen atoms in total. The number of rotatable bonds is 4. The van der Waals surface area contributed by atoms with Gasteiger partial charge in [-0.25, -0.2) is 9.97 Å². The van der Waals surface area contributed by atoms with E-state index in [2.05, 4.69) is 15.3 Å². The Balaban J connectivity index is 1.93. The van der Waals surface area contributed by atoms with Gasteiger partial charge in [0.15, 0.2) is 0 Å². The monoisotopic (exact) mass is 221 g/mol. The lowest BCUT2D eigenvalue weighted by Crippen LogP contribution is -1.92. The highest BCUT2D eigenvalue weighted by Gasteiger charge is 2.00. The van der Waals surface area contributed by atoms with Gasteiger partial charge in [-0.1, -0.05) is 17.8 Å². The van der Waals surface area contributed by atoms with E-state index in [0.29, 0.717) is 5.22 Å². The van der Waals surface area contributed by atoms with Crippen LogP contribution in [0.3, 0.4) is 0 Å². The van der Waals surface area contributed by atoms with Crippen LogP contribution < -0.4 is 5.32 Å². The van der Waals surface area contributed by atoms with Gasteiger partial charge in [-0.15, -0.1) is 0 Å². The first-order chi connectivity index (χ1) is 7.38. The van der Waals surface area contributed by atoms with Crippen LogP contribution in [0.4, 0.5) is 5.82 Å². The molecule has 0 saturated carbocycles. The van der Waals surface area contributed by atoms with Gasteiger partial charge in [0.2, 0.25) is 0 Å². The Labute approximate surface area is 92.1 Å². The zero-order valence-electron chi connectivity index (χ0n) is 8.30. The topological polar surface area (TPSA) is 51.0 Å². The van der Waals surface area contributed by atoms with E-state index in [4.69, 9.17) is 4.42 Å². The predicted octanol–water partition coefficient (Wildman–Crippen LogP) is 2.40. The summed E-state index contributed by atoms with van der Waals surface area (Å²) in [5.74, 6) is 1.69. The highest BCUT2D eigenvalue weighted by Crippen LogP contribution is 2.20. The summed E-state index contributed by atoms with van der Waals surface area (Å²) < 4.78 is 5.12. The van der Waals surface area contributed by atoms with Gasteiger partial charge in [-0.05, 0) is 11.6 Å². The molecule has 0 spiro atoms. The average molecular weight is 221 g/mol. The van der Waals surface area contributed by atoms with Crippen LogP contribution in [-0.2, 0) is 5.75 Å². The molecule has 1 N–H and O–H groups in total. The maximum absolute atomic E-state index is 5.12. The van der Waals surface area contributed by atoms with Crippen molar-refractivity contribution in [1.29, 1.82) is 0 Å². The van der Waals surface area contributed by atoms with Crippen molar-refractivity contribution in [3.8, 4) is 0 Å². The molecule has 0 aliphatic rings. The zero-order chi connectivity index (χ0) is 10.5. The Morgan fingerprint density at radius 2 is 2.33 bits per heavy atom. The lowest BCUT2D eigenvalue weighted by molar-refractivity contribution is 0.454. The number of thioether (sulfide) groups is 1.